The van der Waals surface area contributed by atoms with E-state index in [2.05, 4.69) is 0 Å². The van der Waals surface area contributed by atoms with E-state index in [-0.39, 0.29) is 30.9 Å². The Kier molecular flexibility index (Phi) is 6.84. The van der Waals surface area contributed by atoms with E-state index in [0.717, 1.165) is 12.8 Å². The smallest absolute Gasteiger partial charge is 0.302 e. The van der Waals surface area contributed by atoms with Crippen LogP contribution in [0.4, 0.5) is 0 Å². The van der Waals surface area contributed by atoms with Gasteiger partial charge in [-0.05, 0) is 43.7 Å². The van der Waals surface area contributed by atoms with E-state index in [1.807, 2.05) is 6.92 Å². The number of benzene rings is 1. The van der Waals surface area contributed by atoms with E-state index < -0.39 is 5.60 Å². The maximum absolute atomic E-state index is 10.8. The van der Waals surface area contributed by atoms with Gasteiger partial charge in [0, 0.05) is 19.1 Å². The predicted molar refractivity (Wildman–Crippen MR) is 83.2 cm³/mol. The highest BCUT2D eigenvalue weighted by atomic mass is 16.5. The van der Waals surface area contributed by atoms with Crippen LogP contribution < -0.4 is 0 Å². The molecular formula is C17H26O5. The maximum atomic E-state index is 10.8. The minimum Gasteiger partial charge on any atom is -0.508 e. The molecule has 1 aromatic carbocycles. The highest BCUT2D eigenvalue weighted by molar-refractivity contribution is 5.65. The molecule has 0 saturated carbocycles. The fourth-order valence-corrected chi connectivity index (χ4v) is 2.33. The van der Waals surface area contributed by atoms with E-state index >= 15 is 0 Å². The van der Waals surface area contributed by atoms with Gasteiger partial charge < -0.3 is 20.1 Å². The number of carbonyl (C=O) groups is 1. The molecule has 0 fully saturated rings. The molecule has 0 spiro atoms. The molecule has 1 aromatic rings. The molecule has 0 radical (unpaired) electrons. The zero-order chi connectivity index (χ0) is 16.8. The summed E-state index contributed by atoms with van der Waals surface area (Å²) in [6.45, 7) is 5.18. The Morgan fingerprint density at radius 2 is 2.09 bits per heavy atom. The predicted octanol–water partition coefficient (Wildman–Crippen LogP) is 2.46. The van der Waals surface area contributed by atoms with Crippen molar-refractivity contribution in [2.75, 3.05) is 6.61 Å². The van der Waals surface area contributed by atoms with Gasteiger partial charge in [-0.1, -0.05) is 19.1 Å². The topological polar surface area (TPSA) is 87.0 Å². The molecule has 0 aliphatic heterocycles. The van der Waals surface area contributed by atoms with Crippen LogP contribution in [0.25, 0.3) is 0 Å². The molecule has 0 bridgehead atoms. The second-order valence-corrected chi connectivity index (χ2v) is 6.09. The molecule has 0 heterocycles. The summed E-state index contributed by atoms with van der Waals surface area (Å²) in [6, 6.07) is 4.88. The highest BCUT2D eigenvalue weighted by Gasteiger charge is 2.26. The summed E-state index contributed by atoms with van der Waals surface area (Å²) >= 11 is 0. The minimum atomic E-state index is -1.14. The fourth-order valence-electron chi connectivity index (χ4n) is 2.33. The number of phenols is 1. The minimum absolute atomic E-state index is 0.00939. The van der Waals surface area contributed by atoms with E-state index in [4.69, 9.17) is 9.84 Å². The van der Waals surface area contributed by atoms with E-state index in [9.17, 15) is 15.0 Å². The summed E-state index contributed by atoms with van der Waals surface area (Å²) in [5.41, 5.74) is -0.0176. The van der Waals surface area contributed by atoms with Crippen molar-refractivity contribution in [2.45, 2.75) is 52.2 Å². The van der Waals surface area contributed by atoms with Gasteiger partial charge in [0.2, 0.25) is 0 Å². The third kappa shape index (κ3) is 5.66. The number of aliphatic hydroxyl groups is 2. The first kappa shape index (κ1) is 18.5. The van der Waals surface area contributed by atoms with Crippen LogP contribution in [0.5, 0.6) is 5.75 Å². The molecule has 0 aromatic heterocycles. The number of hydrogen-bond acceptors (Lipinski definition) is 5. The van der Waals surface area contributed by atoms with Gasteiger partial charge in [-0.3, -0.25) is 4.79 Å². The van der Waals surface area contributed by atoms with Crippen LogP contribution in [0.1, 0.15) is 51.2 Å². The first-order valence-electron chi connectivity index (χ1n) is 7.55. The fraction of sp³-hybridized carbons (Fsp3) is 0.588. The molecule has 3 N–H and O–H groups in total. The number of rotatable bonds is 8. The lowest BCUT2D eigenvalue weighted by Gasteiger charge is -2.25. The van der Waals surface area contributed by atoms with Crippen molar-refractivity contribution in [1.29, 1.82) is 0 Å². The van der Waals surface area contributed by atoms with Crippen molar-refractivity contribution < 1.29 is 24.9 Å². The zero-order valence-electron chi connectivity index (χ0n) is 13.5. The van der Waals surface area contributed by atoms with Crippen molar-refractivity contribution in [3.8, 4) is 5.75 Å². The zero-order valence-corrected chi connectivity index (χ0v) is 13.5. The van der Waals surface area contributed by atoms with E-state index in [0.29, 0.717) is 17.5 Å². The van der Waals surface area contributed by atoms with Crippen LogP contribution >= 0.6 is 0 Å². The second-order valence-electron chi connectivity index (χ2n) is 6.09. The van der Waals surface area contributed by atoms with Crippen molar-refractivity contribution in [2.24, 2.45) is 5.92 Å². The lowest BCUT2D eigenvalue weighted by atomic mass is 9.88. The monoisotopic (exact) mass is 310 g/mol. The molecule has 5 nitrogen and oxygen atoms in total. The van der Waals surface area contributed by atoms with Gasteiger partial charge in [-0.25, -0.2) is 0 Å². The molecule has 22 heavy (non-hydrogen) atoms. The van der Waals surface area contributed by atoms with Gasteiger partial charge in [0.1, 0.15) is 12.4 Å². The standard InChI is InChI=1S/C17H26O5/c1-12(10-18)5-4-8-17(3,21)15-7-6-14(9-16(15)20)11-22-13(2)19/h6-7,9,12,18,20-21H,4-5,8,10-11H2,1-3H3/t12-,17-/m0/s1. The van der Waals surface area contributed by atoms with Gasteiger partial charge in [0.25, 0.3) is 0 Å². The first-order valence-corrected chi connectivity index (χ1v) is 7.55. The molecule has 0 aliphatic carbocycles. The van der Waals surface area contributed by atoms with Gasteiger partial charge in [0.15, 0.2) is 0 Å². The van der Waals surface area contributed by atoms with E-state index in [1.54, 1.807) is 19.1 Å². The Balaban J connectivity index is 2.71. The third-order valence-electron chi connectivity index (χ3n) is 3.76. The van der Waals surface area contributed by atoms with Crippen molar-refractivity contribution in [3.63, 3.8) is 0 Å². The summed E-state index contributed by atoms with van der Waals surface area (Å²) in [5.74, 6) is -0.186. The number of esters is 1. The Morgan fingerprint density at radius 3 is 2.64 bits per heavy atom. The summed E-state index contributed by atoms with van der Waals surface area (Å²) in [5, 5.41) is 29.7. The molecule has 2 atom stereocenters. The van der Waals surface area contributed by atoms with Crippen LogP contribution in [0.3, 0.4) is 0 Å². The van der Waals surface area contributed by atoms with Crippen LogP contribution in [0.15, 0.2) is 18.2 Å². The molecule has 0 aliphatic rings. The SMILES string of the molecule is CC(=O)OCc1ccc([C@@](C)(O)CCC[C@H](C)CO)c(O)c1. The molecule has 124 valence electrons. The lowest BCUT2D eigenvalue weighted by Crippen LogP contribution is -2.21. The molecule has 1 rings (SSSR count). The quantitative estimate of drug-likeness (QED) is 0.642. The summed E-state index contributed by atoms with van der Waals surface area (Å²) in [7, 11) is 0. The van der Waals surface area contributed by atoms with Gasteiger partial charge in [-0.15, -0.1) is 0 Å². The number of carbonyl (C=O) groups excluding carboxylic acids is 1. The Morgan fingerprint density at radius 1 is 1.41 bits per heavy atom. The largest absolute Gasteiger partial charge is 0.508 e. The number of ether oxygens (including phenoxy) is 1. The first-order chi connectivity index (χ1) is 10.3. The van der Waals surface area contributed by atoms with Crippen molar-refractivity contribution in [3.05, 3.63) is 29.3 Å². The van der Waals surface area contributed by atoms with Crippen LogP contribution in [-0.2, 0) is 21.7 Å². The summed E-state index contributed by atoms with van der Waals surface area (Å²) < 4.78 is 4.88. The van der Waals surface area contributed by atoms with Crippen LogP contribution in [0, 0.1) is 5.92 Å². The average Bonchev–Trinajstić information content (AvgIpc) is 2.44. The van der Waals surface area contributed by atoms with Gasteiger partial charge in [-0.2, -0.15) is 0 Å². The molecule has 0 saturated heterocycles. The van der Waals surface area contributed by atoms with Crippen LogP contribution in [-0.4, -0.2) is 27.9 Å². The Labute approximate surface area is 131 Å². The Hall–Kier alpha value is -1.59. The molecule has 0 unspecified atom stereocenters. The normalized spacial score (nSPS) is 15.1. The van der Waals surface area contributed by atoms with Crippen molar-refractivity contribution in [1.82, 2.24) is 0 Å². The Bertz CT molecular complexity index is 496. The number of hydrogen-bond donors (Lipinski definition) is 3. The van der Waals surface area contributed by atoms with Crippen molar-refractivity contribution >= 4 is 5.97 Å². The summed E-state index contributed by atoms with van der Waals surface area (Å²) in [4.78, 5) is 10.8. The molecule has 0 amide bonds. The number of aliphatic hydroxyl groups excluding tert-OH is 1. The van der Waals surface area contributed by atoms with Gasteiger partial charge >= 0.3 is 5.97 Å². The van der Waals surface area contributed by atoms with Crippen LogP contribution in [0.2, 0.25) is 0 Å². The lowest BCUT2D eigenvalue weighted by molar-refractivity contribution is -0.142. The van der Waals surface area contributed by atoms with E-state index in [1.165, 1.54) is 13.0 Å². The third-order valence-corrected chi connectivity index (χ3v) is 3.76. The average molecular weight is 310 g/mol. The second kappa shape index (κ2) is 8.15. The number of aromatic hydroxyl groups is 1. The maximum Gasteiger partial charge on any atom is 0.302 e. The summed E-state index contributed by atoms with van der Waals surface area (Å²) in [6.07, 6.45) is 2.06. The number of phenolic OH excluding ortho intramolecular Hbond substituents is 1. The molecule has 5 heteroatoms. The highest BCUT2D eigenvalue weighted by Crippen LogP contribution is 2.34. The molecular weight excluding hydrogens is 284 g/mol. The van der Waals surface area contributed by atoms with Gasteiger partial charge in [0.05, 0.1) is 5.60 Å².